The second-order valence-electron chi connectivity index (χ2n) is 5.89. The van der Waals surface area contributed by atoms with Crippen LogP contribution in [-0.2, 0) is 6.54 Å². The van der Waals surface area contributed by atoms with Gasteiger partial charge in [-0.1, -0.05) is 24.4 Å². The molecule has 0 aliphatic rings. The Bertz CT molecular complexity index is 352. The lowest BCUT2D eigenvalue weighted by Gasteiger charge is -2.20. The molecule has 0 saturated carbocycles. The molecule has 4 heteroatoms. The van der Waals surface area contributed by atoms with E-state index in [0.717, 1.165) is 23.8 Å². The highest BCUT2D eigenvalue weighted by Gasteiger charge is 2.07. The van der Waals surface area contributed by atoms with Gasteiger partial charge in [-0.15, -0.1) is 0 Å². The molecule has 0 unspecified atom stereocenters. The lowest BCUT2D eigenvalue weighted by atomic mass is 10.1. The van der Waals surface area contributed by atoms with Gasteiger partial charge < -0.3 is 5.32 Å². The van der Waals surface area contributed by atoms with Crippen molar-refractivity contribution in [2.45, 2.75) is 65.5 Å². The van der Waals surface area contributed by atoms with Crippen LogP contribution in [0.2, 0.25) is 5.02 Å². The molecule has 1 heterocycles. The molecular weight excluding hydrogens is 246 g/mol. The maximum atomic E-state index is 5.96. The number of aryl methyl sites for hydroxylation is 1. The molecule has 1 rings (SSSR count). The normalized spacial score (nSPS) is 12.1. The second kappa shape index (κ2) is 7.15. The van der Waals surface area contributed by atoms with Crippen LogP contribution in [0.5, 0.6) is 0 Å². The zero-order valence-electron chi connectivity index (χ0n) is 12.1. The fourth-order valence-corrected chi connectivity index (χ4v) is 1.99. The average molecular weight is 272 g/mol. The molecule has 0 aliphatic carbocycles. The van der Waals surface area contributed by atoms with Crippen molar-refractivity contribution in [3.05, 3.63) is 16.9 Å². The minimum Gasteiger partial charge on any atom is -0.312 e. The Morgan fingerprint density at radius 3 is 2.44 bits per heavy atom. The molecule has 0 aromatic carbocycles. The Morgan fingerprint density at radius 1 is 1.22 bits per heavy atom. The molecule has 0 aliphatic heterocycles. The molecule has 3 nitrogen and oxygen atoms in total. The van der Waals surface area contributed by atoms with Gasteiger partial charge in [-0.05, 0) is 47.1 Å². The first-order valence-electron chi connectivity index (χ1n) is 6.83. The van der Waals surface area contributed by atoms with Crippen molar-refractivity contribution >= 4 is 11.6 Å². The summed E-state index contributed by atoms with van der Waals surface area (Å²) in [6, 6.07) is 0. The molecule has 0 fully saturated rings. The summed E-state index contributed by atoms with van der Waals surface area (Å²) in [5, 5.41) is 8.53. The molecule has 0 atom stereocenters. The molecule has 0 radical (unpaired) electrons. The lowest BCUT2D eigenvalue weighted by molar-refractivity contribution is 0.414. The van der Waals surface area contributed by atoms with Crippen LogP contribution < -0.4 is 5.32 Å². The van der Waals surface area contributed by atoms with E-state index in [4.69, 9.17) is 11.6 Å². The van der Waals surface area contributed by atoms with Gasteiger partial charge in [-0.3, -0.25) is 4.68 Å². The summed E-state index contributed by atoms with van der Waals surface area (Å²) in [5.41, 5.74) is 1.31. The molecule has 0 amide bonds. The molecule has 18 heavy (non-hydrogen) atoms. The number of unbranched alkanes of at least 4 members (excludes halogenated alkanes) is 3. The maximum absolute atomic E-state index is 5.96. The highest BCUT2D eigenvalue weighted by atomic mass is 35.5. The zero-order chi connectivity index (χ0) is 13.6. The summed E-state index contributed by atoms with van der Waals surface area (Å²) in [4.78, 5) is 0. The van der Waals surface area contributed by atoms with Gasteiger partial charge in [-0.2, -0.15) is 5.10 Å². The molecule has 0 saturated heterocycles. The van der Waals surface area contributed by atoms with Crippen LogP contribution in [0.15, 0.2) is 6.20 Å². The standard InChI is InChI=1S/C14H26ClN3/c1-12-13(15)11-17-18(12)10-8-6-5-7-9-16-14(2,3)4/h11,16H,5-10H2,1-4H3. The lowest BCUT2D eigenvalue weighted by Crippen LogP contribution is -2.36. The molecule has 1 aromatic rings. The summed E-state index contributed by atoms with van der Waals surface area (Å²) >= 11 is 5.96. The maximum Gasteiger partial charge on any atom is 0.0814 e. The van der Waals surface area contributed by atoms with E-state index >= 15 is 0 Å². The summed E-state index contributed by atoms with van der Waals surface area (Å²) in [6.07, 6.45) is 6.68. The van der Waals surface area contributed by atoms with Gasteiger partial charge in [-0.25, -0.2) is 0 Å². The zero-order valence-corrected chi connectivity index (χ0v) is 12.8. The Balaban J connectivity index is 2.04. The molecule has 0 bridgehead atoms. The van der Waals surface area contributed by atoms with Crippen LogP contribution >= 0.6 is 11.6 Å². The topological polar surface area (TPSA) is 29.9 Å². The van der Waals surface area contributed by atoms with Gasteiger partial charge in [0.2, 0.25) is 0 Å². The molecule has 1 aromatic heterocycles. The Kier molecular flexibility index (Phi) is 6.16. The van der Waals surface area contributed by atoms with Gasteiger partial charge in [0.05, 0.1) is 16.9 Å². The average Bonchev–Trinajstić information content (AvgIpc) is 2.58. The van der Waals surface area contributed by atoms with Gasteiger partial charge in [0.15, 0.2) is 0 Å². The van der Waals surface area contributed by atoms with Gasteiger partial charge in [0.25, 0.3) is 0 Å². The van der Waals surface area contributed by atoms with Crippen molar-refractivity contribution in [3.8, 4) is 0 Å². The highest BCUT2D eigenvalue weighted by molar-refractivity contribution is 6.31. The van der Waals surface area contributed by atoms with Gasteiger partial charge >= 0.3 is 0 Å². The largest absolute Gasteiger partial charge is 0.312 e. The molecule has 104 valence electrons. The number of hydrogen-bond donors (Lipinski definition) is 1. The number of nitrogens with one attached hydrogen (secondary N) is 1. The number of nitrogens with zero attached hydrogens (tertiary/aromatic N) is 2. The van der Waals surface area contributed by atoms with Gasteiger partial charge in [0.1, 0.15) is 0 Å². The van der Waals surface area contributed by atoms with E-state index in [1.165, 1.54) is 25.7 Å². The fourth-order valence-electron chi connectivity index (χ4n) is 1.85. The van der Waals surface area contributed by atoms with Crippen molar-refractivity contribution in [3.63, 3.8) is 0 Å². The van der Waals surface area contributed by atoms with Crippen molar-refractivity contribution < 1.29 is 0 Å². The second-order valence-corrected chi connectivity index (χ2v) is 6.30. The Hall–Kier alpha value is -0.540. The molecule has 1 N–H and O–H groups in total. The van der Waals surface area contributed by atoms with E-state index in [9.17, 15) is 0 Å². The Morgan fingerprint density at radius 2 is 1.89 bits per heavy atom. The van der Waals surface area contributed by atoms with Crippen LogP contribution in [0, 0.1) is 6.92 Å². The summed E-state index contributed by atoms with van der Waals surface area (Å²) < 4.78 is 2.00. The third-order valence-corrected chi connectivity index (χ3v) is 3.37. The first-order chi connectivity index (χ1) is 8.40. The SMILES string of the molecule is Cc1c(Cl)cnn1CCCCCCNC(C)(C)C. The van der Waals surface area contributed by atoms with Crippen LogP contribution in [0.1, 0.15) is 52.1 Å². The van der Waals surface area contributed by atoms with E-state index in [0.29, 0.717) is 0 Å². The van der Waals surface area contributed by atoms with Crippen LogP contribution in [-0.4, -0.2) is 21.9 Å². The van der Waals surface area contributed by atoms with Crippen molar-refractivity contribution in [2.75, 3.05) is 6.54 Å². The molecule has 0 spiro atoms. The summed E-state index contributed by atoms with van der Waals surface area (Å²) in [5.74, 6) is 0. The van der Waals surface area contributed by atoms with E-state index in [2.05, 4.69) is 31.2 Å². The van der Waals surface area contributed by atoms with E-state index in [1.807, 2.05) is 11.6 Å². The fraction of sp³-hybridized carbons (Fsp3) is 0.786. The first kappa shape index (κ1) is 15.5. The monoisotopic (exact) mass is 271 g/mol. The number of hydrogen-bond acceptors (Lipinski definition) is 2. The predicted octanol–water partition coefficient (Wildman–Crippen LogP) is 3.79. The number of halogens is 1. The van der Waals surface area contributed by atoms with Gasteiger partial charge in [0, 0.05) is 12.1 Å². The highest BCUT2D eigenvalue weighted by Crippen LogP contribution is 2.14. The molecular formula is C14H26ClN3. The third kappa shape index (κ3) is 5.87. The van der Waals surface area contributed by atoms with Crippen molar-refractivity contribution in [2.24, 2.45) is 0 Å². The summed E-state index contributed by atoms with van der Waals surface area (Å²) in [6.45, 7) is 10.7. The van der Waals surface area contributed by atoms with Crippen molar-refractivity contribution in [1.29, 1.82) is 0 Å². The van der Waals surface area contributed by atoms with Crippen LogP contribution in [0.4, 0.5) is 0 Å². The summed E-state index contributed by atoms with van der Waals surface area (Å²) in [7, 11) is 0. The minimum atomic E-state index is 0.239. The first-order valence-corrected chi connectivity index (χ1v) is 7.21. The predicted molar refractivity (Wildman–Crippen MR) is 78.2 cm³/mol. The quantitative estimate of drug-likeness (QED) is 0.765. The van der Waals surface area contributed by atoms with E-state index in [-0.39, 0.29) is 5.54 Å². The third-order valence-electron chi connectivity index (χ3n) is 3.00. The Labute approximate surface area is 116 Å². The van der Waals surface area contributed by atoms with Crippen molar-refractivity contribution in [1.82, 2.24) is 15.1 Å². The van der Waals surface area contributed by atoms with E-state index in [1.54, 1.807) is 6.20 Å². The van der Waals surface area contributed by atoms with Crippen LogP contribution in [0.3, 0.4) is 0 Å². The number of rotatable bonds is 7. The smallest absolute Gasteiger partial charge is 0.0814 e. The van der Waals surface area contributed by atoms with Crippen LogP contribution in [0.25, 0.3) is 0 Å². The number of aromatic nitrogens is 2. The van der Waals surface area contributed by atoms with E-state index < -0.39 is 0 Å². The minimum absolute atomic E-state index is 0.239.